The number of thioether (sulfide) groups is 1. The highest BCUT2D eigenvalue weighted by Gasteiger charge is 2.55. The molecule has 3 N–H and O–H groups in total. The van der Waals surface area contributed by atoms with Crippen molar-refractivity contribution < 1.29 is 20.1 Å². The van der Waals surface area contributed by atoms with E-state index in [1.807, 2.05) is 12.3 Å². The Bertz CT molecular complexity index is 959. The van der Waals surface area contributed by atoms with E-state index in [1.165, 1.54) is 66.1 Å². The standard InChI is InChI=1S/C27H34O4S/c1-16-6-9-18(25-23(29)22(28)24(30)26(31-25)32-2)14-19(16)13-17-7-10-20(11-8-17)27-12-4-3-5-21(27)15-27/h6-11,14,21-26,28-30H,3-5,12-13,15H2,1-2H3/t21-,22-,23-,24+,25?,26-,27+/m1/s1. The van der Waals surface area contributed by atoms with Gasteiger partial charge in [0.05, 0.1) is 0 Å². The lowest BCUT2D eigenvalue weighted by Crippen LogP contribution is -2.52. The van der Waals surface area contributed by atoms with Crippen molar-refractivity contribution in [3.8, 4) is 0 Å². The van der Waals surface area contributed by atoms with E-state index in [0.29, 0.717) is 5.41 Å². The van der Waals surface area contributed by atoms with Gasteiger partial charge in [-0.05, 0) is 78.0 Å². The van der Waals surface area contributed by atoms with Crippen molar-refractivity contribution in [2.75, 3.05) is 6.26 Å². The Balaban J connectivity index is 1.34. The number of aliphatic hydroxyl groups is 3. The van der Waals surface area contributed by atoms with Crippen LogP contribution in [0.4, 0.5) is 0 Å². The van der Waals surface area contributed by atoms with E-state index in [4.69, 9.17) is 4.74 Å². The number of rotatable bonds is 5. The van der Waals surface area contributed by atoms with Crippen molar-refractivity contribution in [2.45, 2.75) is 80.7 Å². The molecule has 1 aliphatic heterocycles. The Morgan fingerprint density at radius 2 is 1.78 bits per heavy atom. The van der Waals surface area contributed by atoms with E-state index in [0.717, 1.165) is 17.9 Å². The molecule has 0 amide bonds. The molecule has 32 heavy (non-hydrogen) atoms. The van der Waals surface area contributed by atoms with Crippen molar-refractivity contribution in [1.29, 1.82) is 0 Å². The van der Waals surface area contributed by atoms with Gasteiger partial charge in [0.2, 0.25) is 0 Å². The Hall–Kier alpha value is -1.37. The lowest BCUT2D eigenvalue weighted by Gasteiger charge is -2.40. The number of aryl methyl sites for hydroxylation is 1. The van der Waals surface area contributed by atoms with E-state index < -0.39 is 29.9 Å². The fourth-order valence-corrected chi connectivity index (χ4v) is 6.62. The van der Waals surface area contributed by atoms with Crippen LogP contribution in [0.25, 0.3) is 0 Å². The first-order chi connectivity index (χ1) is 15.4. The maximum absolute atomic E-state index is 10.6. The summed E-state index contributed by atoms with van der Waals surface area (Å²) in [5.74, 6) is 0.905. The fraction of sp³-hybridized carbons (Fsp3) is 0.556. The summed E-state index contributed by atoms with van der Waals surface area (Å²) in [6.07, 6.45) is 5.36. The van der Waals surface area contributed by atoms with Gasteiger partial charge in [-0.15, -0.1) is 11.8 Å². The Morgan fingerprint density at radius 3 is 2.50 bits per heavy atom. The molecule has 2 aliphatic carbocycles. The zero-order valence-corrected chi connectivity index (χ0v) is 19.7. The molecule has 2 aromatic carbocycles. The highest BCUT2D eigenvalue weighted by Crippen LogP contribution is 2.62. The van der Waals surface area contributed by atoms with Gasteiger partial charge in [0.15, 0.2) is 0 Å². The van der Waals surface area contributed by atoms with Crippen molar-refractivity contribution in [3.63, 3.8) is 0 Å². The van der Waals surface area contributed by atoms with E-state index in [1.54, 1.807) is 0 Å². The number of ether oxygens (including phenoxy) is 1. The highest BCUT2D eigenvalue weighted by molar-refractivity contribution is 7.99. The van der Waals surface area contributed by atoms with E-state index >= 15 is 0 Å². The lowest BCUT2D eigenvalue weighted by atomic mass is 9.82. The summed E-state index contributed by atoms with van der Waals surface area (Å²) in [6, 6.07) is 15.3. The molecular formula is C27H34O4S. The minimum Gasteiger partial charge on any atom is -0.387 e. The summed E-state index contributed by atoms with van der Waals surface area (Å²) in [4.78, 5) is 0. The molecule has 0 aromatic heterocycles. The van der Waals surface area contributed by atoms with Gasteiger partial charge in [0.1, 0.15) is 29.9 Å². The van der Waals surface area contributed by atoms with Crippen LogP contribution in [0, 0.1) is 12.8 Å². The zero-order chi connectivity index (χ0) is 22.5. The Labute approximate surface area is 195 Å². The second-order valence-electron chi connectivity index (χ2n) is 10.00. The van der Waals surface area contributed by atoms with Gasteiger partial charge in [-0.1, -0.05) is 55.3 Å². The van der Waals surface area contributed by atoms with E-state index in [9.17, 15) is 15.3 Å². The molecule has 5 heteroatoms. The van der Waals surface area contributed by atoms with Crippen LogP contribution < -0.4 is 0 Å². The van der Waals surface area contributed by atoms with Crippen LogP contribution in [-0.4, -0.2) is 45.3 Å². The van der Waals surface area contributed by atoms with Gasteiger partial charge < -0.3 is 20.1 Å². The van der Waals surface area contributed by atoms with Crippen molar-refractivity contribution in [1.82, 2.24) is 0 Å². The topological polar surface area (TPSA) is 69.9 Å². The molecule has 4 nitrogen and oxygen atoms in total. The van der Waals surface area contributed by atoms with Crippen LogP contribution in [0.1, 0.15) is 66.0 Å². The van der Waals surface area contributed by atoms with Crippen molar-refractivity contribution in [2.24, 2.45) is 5.92 Å². The molecule has 0 radical (unpaired) electrons. The quantitative estimate of drug-likeness (QED) is 0.630. The van der Waals surface area contributed by atoms with Crippen LogP contribution in [0.5, 0.6) is 0 Å². The minimum absolute atomic E-state index is 0.473. The lowest BCUT2D eigenvalue weighted by molar-refractivity contribution is -0.200. The predicted octanol–water partition coefficient (Wildman–Crippen LogP) is 4.26. The summed E-state index contributed by atoms with van der Waals surface area (Å²) < 4.78 is 5.96. The molecule has 2 aromatic rings. The minimum atomic E-state index is -1.23. The summed E-state index contributed by atoms with van der Waals surface area (Å²) in [5.41, 5.74) is 5.92. The number of fused-ring (bicyclic) bond motifs is 1. The van der Waals surface area contributed by atoms with Crippen molar-refractivity contribution in [3.05, 3.63) is 70.3 Å². The van der Waals surface area contributed by atoms with Crippen LogP contribution in [0.3, 0.4) is 0 Å². The Morgan fingerprint density at radius 1 is 1.00 bits per heavy atom. The normalized spacial score (nSPS) is 36.5. The highest BCUT2D eigenvalue weighted by atomic mass is 32.2. The molecule has 0 spiro atoms. The second-order valence-corrected chi connectivity index (χ2v) is 10.9. The summed E-state index contributed by atoms with van der Waals surface area (Å²) >= 11 is 1.34. The summed E-state index contributed by atoms with van der Waals surface area (Å²) in [7, 11) is 0. The van der Waals surface area contributed by atoms with Crippen molar-refractivity contribution >= 4 is 11.8 Å². The Kier molecular flexibility index (Phi) is 6.14. The van der Waals surface area contributed by atoms with E-state index in [-0.39, 0.29) is 0 Å². The molecule has 7 atom stereocenters. The molecule has 1 saturated heterocycles. The first-order valence-corrected chi connectivity index (χ1v) is 13.1. The third-order valence-electron chi connectivity index (χ3n) is 8.08. The number of hydrogen-bond acceptors (Lipinski definition) is 5. The smallest absolute Gasteiger partial charge is 0.132 e. The first kappa shape index (κ1) is 22.4. The predicted molar refractivity (Wildman–Crippen MR) is 128 cm³/mol. The van der Waals surface area contributed by atoms with Gasteiger partial charge in [-0.25, -0.2) is 0 Å². The van der Waals surface area contributed by atoms with Gasteiger partial charge in [-0.2, -0.15) is 0 Å². The maximum atomic E-state index is 10.6. The molecule has 2 saturated carbocycles. The average molecular weight is 455 g/mol. The third-order valence-corrected chi connectivity index (χ3v) is 8.94. The van der Waals surface area contributed by atoms with Gasteiger partial charge >= 0.3 is 0 Å². The third kappa shape index (κ3) is 3.92. The van der Waals surface area contributed by atoms with E-state index in [2.05, 4.69) is 43.3 Å². The zero-order valence-electron chi connectivity index (χ0n) is 18.9. The number of benzene rings is 2. The molecular weight excluding hydrogens is 420 g/mol. The van der Waals surface area contributed by atoms with Crippen LogP contribution >= 0.6 is 11.8 Å². The largest absolute Gasteiger partial charge is 0.387 e. The molecule has 3 aliphatic rings. The maximum Gasteiger partial charge on any atom is 0.132 e. The second kappa shape index (κ2) is 8.77. The SMILES string of the molecule is CS[C@H]1OC(c2ccc(C)c(Cc3ccc([C@@]45CCCC[C@@H]4C5)cc3)c2)[C@H](O)[C@@H](O)[C@@H]1O. The van der Waals surface area contributed by atoms with Gasteiger partial charge in [0.25, 0.3) is 0 Å². The average Bonchev–Trinajstić information content (AvgIpc) is 3.56. The van der Waals surface area contributed by atoms with Crippen LogP contribution in [-0.2, 0) is 16.6 Å². The molecule has 172 valence electrons. The first-order valence-electron chi connectivity index (χ1n) is 11.8. The molecule has 3 fully saturated rings. The summed E-state index contributed by atoms with van der Waals surface area (Å²) in [6.45, 7) is 2.10. The monoisotopic (exact) mass is 454 g/mol. The van der Waals surface area contributed by atoms with Crippen LogP contribution in [0.15, 0.2) is 42.5 Å². The van der Waals surface area contributed by atoms with Gasteiger partial charge in [0, 0.05) is 0 Å². The molecule has 1 heterocycles. The number of hydrogen-bond donors (Lipinski definition) is 3. The fourth-order valence-electron chi connectivity index (χ4n) is 5.95. The number of aliphatic hydroxyl groups excluding tert-OH is 3. The molecule has 1 unspecified atom stereocenters. The summed E-state index contributed by atoms with van der Waals surface area (Å²) in [5, 5.41) is 31.0. The van der Waals surface area contributed by atoms with Gasteiger partial charge in [-0.3, -0.25) is 0 Å². The molecule has 5 rings (SSSR count). The molecule has 0 bridgehead atoms. The van der Waals surface area contributed by atoms with Crippen LogP contribution in [0.2, 0.25) is 0 Å².